The number of carbonyl (C=O) groups excluding carboxylic acids is 4. The van der Waals surface area contributed by atoms with Gasteiger partial charge < -0.3 is 15.0 Å². The molecule has 144 valence electrons. The maximum Gasteiger partial charge on any atom is 0.244 e. The van der Waals surface area contributed by atoms with E-state index in [0.29, 0.717) is 23.7 Å². The molecule has 0 aromatic heterocycles. The Morgan fingerprint density at radius 2 is 1.81 bits per heavy atom. The van der Waals surface area contributed by atoms with Crippen molar-refractivity contribution in [3.8, 4) is 5.75 Å². The molecule has 4 amide bonds. The summed E-state index contributed by atoms with van der Waals surface area (Å²) in [6.07, 6.45) is 0.297. The first kappa shape index (κ1) is 18.9. The fraction of sp³-hybridized carbons (Fsp3) is 0.474. The summed E-state index contributed by atoms with van der Waals surface area (Å²) in [6.45, 7) is 5.98. The highest BCUT2D eigenvalue weighted by atomic mass is 16.5. The lowest BCUT2D eigenvalue weighted by atomic mass is 9.93. The van der Waals surface area contributed by atoms with Crippen LogP contribution in [0.15, 0.2) is 18.2 Å². The lowest BCUT2D eigenvalue weighted by Crippen LogP contribution is -2.42. The third-order valence-corrected chi connectivity index (χ3v) is 4.72. The average molecular weight is 373 g/mol. The van der Waals surface area contributed by atoms with Crippen LogP contribution in [0.25, 0.3) is 0 Å². The highest BCUT2D eigenvalue weighted by Crippen LogP contribution is 2.38. The molecule has 3 rings (SSSR count). The van der Waals surface area contributed by atoms with E-state index in [1.54, 1.807) is 23.1 Å². The summed E-state index contributed by atoms with van der Waals surface area (Å²) < 4.78 is 5.82. The van der Waals surface area contributed by atoms with Gasteiger partial charge in [0.2, 0.25) is 23.6 Å². The lowest BCUT2D eigenvalue weighted by Gasteiger charge is -2.26. The number of ether oxygens (including phenoxy) is 1. The predicted octanol–water partition coefficient (Wildman–Crippen LogP) is 1.55. The van der Waals surface area contributed by atoms with Crippen molar-refractivity contribution < 1.29 is 23.9 Å². The quantitative estimate of drug-likeness (QED) is 0.808. The molecule has 2 aliphatic rings. The number of nitrogens with one attached hydrogen (secondary N) is 1. The van der Waals surface area contributed by atoms with Gasteiger partial charge in [-0.1, -0.05) is 0 Å². The Hall–Kier alpha value is -2.90. The number of imide groups is 1. The number of amides is 4. The molecule has 8 nitrogen and oxygen atoms in total. The topological polar surface area (TPSA) is 96.0 Å². The van der Waals surface area contributed by atoms with Crippen molar-refractivity contribution in [3.63, 3.8) is 0 Å². The van der Waals surface area contributed by atoms with E-state index >= 15 is 0 Å². The Morgan fingerprint density at radius 3 is 2.44 bits per heavy atom. The van der Waals surface area contributed by atoms with E-state index in [1.807, 2.05) is 20.8 Å². The summed E-state index contributed by atoms with van der Waals surface area (Å²) in [4.78, 5) is 50.8. The van der Waals surface area contributed by atoms with E-state index in [0.717, 1.165) is 4.90 Å². The Balaban J connectivity index is 1.77. The van der Waals surface area contributed by atoms with Crippen LogP contribution in [-0.4, -0.2) is 48.2 Å². The van der Waals surface area contributed by atoms with E-state index < -0.39 is 11.3 Å². The number of nitrogens with zero attached hydrogens (tertiary/aromatic N) is 2. The van der Waals surface area contributed by atoms with E-state index in [1.165, 1.54) is 0 Å². The fourth-order valence-electron chi connectivity index (χ4n) is 3.18. The second kappa shape index (κ2) is 7.02. The van der Waals surface area contributed by atoms with Crippen LogP contribution in [-0.2, 0) is 19.2 Å². The monoisotopic (exact) mass is 373 g/mol. The van der Waals surface area contributed by atoms with Gasteiger partial charge in [0.05, 0.1) is 11.1 Å². The normalized spacial score (nSPS) is 18.9. The summed E-state index contributed by atoms with van der Waals surface area (Å²) in [7, 11) is 0. The molecular weight excluding hydrogens is 350 g/mol. The van der Waals surface area contributed by atoms with Crippen LogP contribution in [0.3, 0.4) is 0 Å². The highest BCUT2D eigenvalue weighted by Gasteiger charge is 2.37. The fourth-order valence-corrected chi connectivity index (χ4v) is 3.18. The zero-order valence-electron chi connectivity index (χ0n) is 15.7. The number of hydrogen-bond donors (Lipinski definition) is 1. The lowest BCUT2D eigenvalue weighted by molar-refractivity contribution is -0.141. The Morgan fingerprint density at radius 1 is 1.15 bits per heavy atom. The van der Waals surface area contributed by atoms with Gasteiger partial charge >= 0.3 is 0 Å². The van der Waals surface area contributed by atoms with Crippen LogP contribution in [0.1, 0.15) is 33.6 Å². The van der Waals surface area contributed by atoms with Gasteiger partial charge in [-0.25, -0.2) is 0 Å². The number of anilines is 2. The van der Waals surface area contributed by atoms with Crippen molar-refractivity contribution in [2.75, 3.05) is 29.9 Å². The van der Waals surface area contributed by atoms with E-state index in [9.17, 15) is 19.2 Å². The minimum absolute atomic E-state index is 0.0217. The van der Waals surface area contributed by atoms with Crippen LogP contribution >= 0.6 is 0 Å². The summed E-state index contributed by atoms with van der Waals surface area (Å²) in [5.41, 5.74) is 0.464. The Bertz CT molecular complexity index is 802. The summed E-state index contributed by atoms with van der Waals surface area (Å²) in [5, 5.41) is 2.68. The molecule has 1 fully saturated rings. The molecule has 8 heteroatoms. The molecule has 0 unspecified atom stereocenters. The summed E-state index contributed by atoms with van der Waals surface area (Å²) in [5.74, 6) is -0.649. The van der Waals surface area contributed by atoms with Crippen molar-refractivity contribution in [3.05, 3.63) is 18.2 Å². The predicted molar refractivity (Wildman–Crippen MR) is 98.3 cm³/mol. The molecule has 0 saturated carbocycles. The molecule has 0 spiro atoms. The Labute approximate surface area is 157 Å². The van der Waals surface area contributed by atoms with Gasteiger partial charge in [0.15, 0.2) is 0 Å². The number of hydrogen-bond acceptors (Lipinski definition) is 5. The first-order valence-electron chi connectivity index (χ1n) is 8.95. The van der Waals surface area contributed by atoms with Crippen molar-refractivity contribution in [2.24, 2.45) is 5.41 Å². The third kappa shape index (κ3) is 3.65. The number of likely N-dealkylation sites (tertiary alicyclic amines) is 1. The van der Waals surface area contributed by atoms with Crippen molar-refractivity contribution >= 4 is 35.0 Å². The largest absolute Gasteiger partial charge is 0.490 e. The number of rotatable bonds is 4. The second-order valence-corrected chi connectivity index (χ2v) is 7.33. The van der Waals surface area contributed by atoms with Crippen LogP contribution in [0.2, 0.25) is 0 Å². The van der Waals surface area contributed by atoms with Crippen LogP contribution < -0.4 is 15.0 Å². The van der Waals surface area contributed by atoms with Gasteiger partial charge in [0.1, 0.15) is 18.9 Å². The SMILES string of the molecule is CCN1C(=O)C(C)(C)COc2cc(NC(=O)CN3C(=O)CCC3=O)ccc21. The molecule has 0 bridgehead atoms. The minimum Gasteiger partial charge on any atom is -0.490 e. The first-order valence-corrected chi connectivity index (χ1v) is 8.95. The Kier molecular flexibility index (Phi) is 4.91. The number of benzene rings is 1. The van der Waals surface area contributed by atoms with Gasteiger partial charge in [-0.05, 0) is 32.9 Å². The molecule has 1 saturated heterocycles. The summed E-state index contributed by atoms with van der Waals surface area (Å²) in [6, 6.07) is 5.04. The van der Waals surface area contributed by atoms with E-state index in [2.05, 4.69) is 5.32 Å². The molecule has 0 radical (unpaired) electrons. The maximum atomic E-state index is 12.7. The number of carbonyl (C=O) groups is 4. The zero-order valence-corrected chi connectivity index (χ0v) is 15.7. The van der Waals surface area contributed by atoms with Gasteiger partial charge in [-0.2, -0.15) is 0 Å². The molecule has 1 aromatic rings. The highest BCUT2D eigenvalue weighted by molar-refractivity contribution is 6.06. The standard InChI is InChI=1S/C19H23N3O5/c1-4-21-13-6-5-12(9-14(13)27-11-19(2,3)18(21)26)20-15(23)10-22-16(24)7-8-17(22)25/h5-6,9H,4,7-8,10-11H2,1-3H3,(H,20,23). The van der Waals surface area contributed by atoms with E-state index in [-0.39, 0.29) is 43.7 Å². The maximum absolute atomic E-state index is 12.7. The molecule has 2 heterocycles. The molecule has 0 atom stereocenters. The van der Waals surface area contributed by atoms with Crippen LogP contribution in [0.5, 0.6) is 5.75 Å². The average Bonchev–Trinajstić information content (AvgIpc) is 2.88. The first-order chi connectivity index (χ1) is 12.7. The molecule has 27 heavy (non-hydrogen) atoms. The second-order valence-electron chi connectivity index (χ2n) is 7.33. The van der Waals surface area contributed by atoms with Gasteiger partial charge in [0.25, 0.3) is 0 Å². The molecule has 1 N–H and O–H groups in total. The molecular formula is C19H23N3O5. The molecule has 0 aliphatic carbocycles. The van der Waals surface area contributed by atoms with Gasteiger partial charge in [0, 0.05) is 31.1 Å². The van der Waals surface area contributed by atoms with E-state index in [4.69, 9.17) is 4.74 Å². The van der Waals surface area contributed by atoms with Gasteiger partial charge in [-0.15, -0.1) is 0 Å². The smallest absolute Gasteiger partial charge is 0.244 e. The van der Waals surface area contributed by atoms with Crippen LogP contribution in [0.4, 0.5) is 11.4 Å². The number of fused-ring (bicyclic) bond motifs is 1. The summed E-state index contributed by atoms with van der Waals surface area (Å²) >= 11 is 0. The molecule has 1 aromatic carbocycles. The minimum atomic E-state index is -0.658. The van der Waals surface area contributed by atoms with Gasteiger partial charge in [-0.3, -0.25) is 24.1 Å². The van der Waals surface area contributed by atoms with Crippen molar-refractivity contribution in [1.29, 1.82) is 0 Å². The van der Waals surface area contributed by atoms with Crippen molar-refractivity contribution in [2.45, 2.75) is 33.6 Å². The third-order valence-electron chi connectivity index (χ3n) is 4.72. The van der Waals surface area contributed by atoms with Crippen molar-refractivity contribution in [1.82, 2.24) is 4.90 Å². The zero-order chi connectivity index (χ0) is 19.8. The van der Waals surface area contributed by atoms with Crippen LogP contribution in [0, 0.1) is 5.41 Å². The molecule has 2 aliphatic heterocycles.